The molecule has 4 N–H and O–H groups in total. The van der Waals surface area contributed by atoms with Gasteiger partial charge in [-0.25, -0.2) is 10.9 Å². The molecule has 0 spiro atoms. The van der Waals surface area contributed by atoms with Crippen LogP contribution in [0.1, 0.15) is 32.1 Å². The lowest BCUT2D eigenvalue weighted by Gasteiger charge is -2.35. The third kappa shape index (κ3) is 4.01. The summed E-state index contributed by atoms with van der Waals surface area (Å²) in [5.41, 5.74) is 7.86. The number of allylic oxidation sites excluding steroid dienone is 1. The average molecular weight is 337 g/mol. The van der Waals surface area contributed by atoms with Crippen LogP contribution in [0.4, 0.5) is 0 Å². The normalized spacial score (nSPS) is 28.4. The SMILES string of the molecule is COCC(=O)C1=C(NC(=O)C2CCC(N3CCNC3)NN2)CCC1. The number of carbonyl (C=O) groups is 2. The van der Waals surface area contributed by atoms with Crippen molar-refractivity contribution < 1.29 is 14.3 Å². The van der Waals surface area contributed by atoms with Crippen molar-refractivity contribution in [2.75, 3.05) is 33.5 Å². The van der Waals surface area contributed by atoms with Crippen LogP contribution in [0.2, 0.25) is 0 Å². The van der Waals surface area contributed by atoms with Crippen molar-refractivity contribution in [1.29, 1.82) is 0 Å². The first-order chi connectivity index (χ1) is 11.7. The van der Waals surface area contributed by atoms with E-state index in [1.807, 2.05) is 0 Å². The molecule has 2 fully saturated rings. The van der Waals surface area contributed by atoms with Crippen molar-refractivity contribution in [3.8, 4) is 0 Å². The van der Waals surface area contributed by atoms with Crippen LogP contribution in [0, 0.1) is 0 Å². The topological polar surface area (TPSA) is 94.7 Å². The minimum absolute atomic E-state index is 0.0263. The molecule has 3 aliphatic rings. The lowest BCUT2D eigenvalue weighted by atomic mass is 10.1. The van der Waals surface area contributed by atoms with E-state index < -0.39 is 0 Å². The number of nitrogens with one attached hydrogen (secondary N) is 4. The quantitative estimate of drug-likeness (QED) is 0.504. The summed E-state index contributed by atoms with van der Waals surface area (Å²) < 4.78 is 4.92. The second-order valence-electron chi connectivity index (χ2n) is 6.56. The Labute approximate surface area is 142 Å². The van der Waals surface area contributed by atoms with E-state index in [4.69, 9.17) is 4.74 Å². The van der Waals surface area contributed by atoms with Crippen molar-refractivity contribution in [2.45, 2.75) is 44.3 Å². The average Bonchev–Trinajstić information content (AvgIpc) is 3.27. The van der Waals surface area contributed by atoms with E-state index in [0.29, 0.717) is 0 Å². The van der Waals surface area contributed by atoms with Gasteiger partial charge < -0.3 is 15.4 Å². The molecule has 0 saturated carbocycles. The summed E-state index contributed by atoms with van der Waals surface area (Å²) in [6, 6.07) is -0.274. The number of ketones is 1. The van der Waals surface area contributed by atoms with Crippen LogP contribution in [0.3, 0.4) is 0 Å². The number of hydrazine groups is 1. The van der Waals surface area contributed by atoms with Crippen LogP contribution in [0.25, 0.3) is 0 Å². The summed E-state index contributed by atoms with van der Waals surface area (Å²) in [6.45, 7) is 2.99. The van der Waals surface area contributed by atoms with Gasteiger partial charge >= 0.3 is 0 Å². The molecule has 0 aromatic heterocycles. The predicted octanol–water partition coefficient (Wildman–Crippen LogP) is -0.798. The highest BCUT2D eigenvalue weighted by Crippen LogP contribution is 2.25. The standard InChI is InChI=1S/C16H27N5O3/c1-24-9-14(22)11-3-2-4-12(11)18-16(23)13-5-6-15(20-19-13)21-8-7-17-10-21/h13,15,17,19-20H,2-10H2,1H3,(H,18,23). The Morgan fingerprint density at radius 2 is 2.17 bits per heavy atom. The number of Topliss-reactive ketones (excluding diaryl/α,β-unsaturated/α-hetero) is 1. The molecule has 0 bridgehead atoms. The van der Waals surface area contributed by atoms with Gasteiger partial charge in [-0.3, -0.25) is 14.5 Å². The van der Waals surface area contributed by atoms with E-state index in [-0.39, 0.29) is 30.5 Å². The van der Waals surface area contributed by atoms with Gasteiger partial charge in [0.05, 0.1) is 6.17 Å². The van der Waals surface area contributed by atoms with Gasteiger partial charge in [0.25, 0.3) is 0 Å². The summed E-state index contributed by atoms with van der Waals surface area (Å²) in [4.78, 5) is 26.8. The Balaban J connectivity index is 1.52. The first-order valence-electron chi connectivity index (χ1n) is 8.70. The minimum Gasteiger partial charge on any atom is -0.377 e. The maximum Gasteiger partial charge on any atom is 0.242 e. The van der Waals surface area contributed by atoms with Gasteiger partial charge in [0.1, 0.15) is 12.6 Å². The molecular formula is C16H27N5O3. The molecule has 2 aliphatic heterocycles. The molecule has 1 amide bonds. The predicted molar refractivity (Wildman–Crippen MR) is 88.6 cm³/mol. The number of hydrogen-bond acceptors (Lipinski definition) is 7. The van der Waals surface area contributed by atoms with Crippen molar-refractivity contribution in [2.24, 2.45) is 0 Å². The lowest BCUT2D eigenvalue weighted by Crippen LogP contribution is -2.61. The van der Waals surface area contributed by atoms with E-state index >= 15 is 0 Å². The van der Waals surface area contributed by atoms with Crippen LogP contribution >= 0.6 is 0 Å². The fourth-order valence-corrected chi connectivity index (χ4v) is 3.57. The number of hydrogen-bond donors (Lipinski definition) is 4. The van der Waals surface area contributed by atoms with E-state index in [2.05, 4.69) is 26.4 Å². The number of methoxy groups -OCH3 is 1. The van der Waals surface area contributed by atoms with Gasteiger partial charge in [-0.05, 0) is 32.1 Å². The zero-order chi connectivity index (χ0) is 16.9. The Morgan fingerprint density at radius 1 is 1.29 bits per heavy atom. The van der Waals surface area contributed by atoms with Crippen molar-refractivity contribution >= 4 is 11.7 Å². The molecule has 0 aromatic rings. The maximum absolute atomic E-state index is 12.5. The van der Waals surface area contributed by atoms with Crippen molar-refractivity contribution in [1.82, 2.24) is 26.4 Å². The fraction of sp³-hybridized carbons (Fsp3) is 0.750. The zero-order valence-electron chi connectivity index (χ0n) is 14.2. The maximum atomic E-state index is 12.5. The molecule has 24 heavy (non-hydrogen) atoms. The van der Waals surface area contributed by atoms with Crippen LogP contribution in [-0.4, -0.2) is 62.3 Å². The second-order valence-corrected chi connectivity index (χ2v) is 6.56. The number of amides is 1. The van der Waals surface area contributed by atoms with Gasteiger partial charge in [-0.1, -0.05) is 0 Å². The molecule has 8 nitrogen and oxygen atoms in total. The monoisotopic (exact) mass is 337 g/mol. The molecule has 2 heterocycles. The van der Waals surface area contributed by atoms with Gasteiger partial charge in [0.2, 0.25) is 5.91 Å². The van der Waals surface area contributed by atoms with E-state index in [9.17, 15) is 9.59 Å². The highest BCUT2D eigenvalue weighted by molar-refractivity contribution is 5.98. The fourth-order valence-electron chi connectivity index (χ4n) is 3.57. The third-order valence-electron chi connectivity index (χ3n) is 4.90. The number of carbonyl (C=O) groups excluding carboxylic acids is 2. The minimum atomic E-state index is -0.274. The van der Waals surface area contributed by atoms with Gasteiger partial charge in [-0.2, -0.15) is 0 Å². The molecule has 3 rings (SSSR count). The van der Waals surface area contributed by atoms with Crippen LogP contribution in [0.5, 0.6) is 0 Å². The number of rotatable bonds is 6. The van der Waals surface area contributed by atoms with Crippen LogP contribution < -0.4 is 21.5 Å². The molecule has 2 atom stereocenters. The lowest BCUT2D eigenvalue weighted by molar-refractivity contribution is -0.124. The summed E-state index contributed by atoms with van der Waals surface area (Å²) in [6.07, 6.45) is 4.32. The number of ether oxygens (including phenoxy) is 1. The molecule has 1 aliphatic carbocycles. The summed E-state index contributed by atoms with van der Waals surface area (Å²) in [5.74, 6) is -0.0956. The highest BCUT2D eigenvalue weighted by atomic mass is 16.5. The van der Waals surface area contributed by atoms with Gasteiger partial charge in [0, 0.05) is 38.1 Å². The van der Waals surface area contributed by atoms with Crippen LogP contribution in [0.15, 0.2) is 11.3 Å². The molecule has 0 radical (unpaired) electrons. The summed E-state index contributed by atoms with van der Waals surface area (Å²) in [5, 5.41) is 6.27. The van der Waals surface area contributed by atoms with E-state index in [1.165, 1.54) is 7.11 Å². The Bertz CT molecular complexity index is 508. The smallest absolute Gasteiger partial charge is 0.242 e. The summed E-state index contributed by atoms with van der Waals surface area (Å²) >= 11 is 0. The summed E-state index contributed by atoms with van der Waals surface area (Å²) in [7, 11) is 1.51. The Kier molecular flexibility index (Phi) is 5.96. The van der Waals surface area contributed by atoms with Gasteiger partial charge in [-0.15, -0.1) is 0 Å². The molecule has 0 aromatic carbocycles. The molecule has 134 valence electrons. The van der Waals surface area contributed by atoms with Crippen LogP contribution in [-0.2, 0) is 14.3 Å². The molecule has 8 heteroatoms. The Hall–Kier alpha value is -1.32. The first kappa shape index (κ1) is 17.5. The first-order valence-corrected chi connectivity index (χ1v) is 8.70. The Morgan fingerprint density at radius 3 is 2.83 bits per heavy atom. The van der Waals surface area contributed by atoms with Gasteiger partial charge in [0.15, 0.2) is 5.78 Å². The van der Waals surface area contributed by atoms with Crippen molar-refractivity contribution in [3.05, 3.63) is 11.3 Å². The largest absolute Gasteiger partial charge is 0.377 e. The van der Waals surface area contributed by atoms with E-state index in [1.54, 1.807) is 0 Å². The molecule has 2 saturated heterocycles. The molecule has 2 unspecified atom stereocenters. The van der Waals surface area contributed by atoms with Crippen molar-refractivity contribution in [3.63, 3.8) is 0 Å². The second kappa shape index (κ2) is 8.17. The highest BCUT2D eigenvalue weighted by Gasteiger charge is 2.31. The van der Waals surface area contributed by atoms with E-state index in [0.717, 1.165) is 63.1 Å². The third-order valence-corrected chi connectivity index (χ3v) is 4.90. The molecular weight excluding hydrogens is 310 g/mol. The zero-order valence-corrected chi connectivity index (χ0v) is 14.2. The number of nitrogens with zero attached hydrogens (tertiary/aromatic N) is 1.